The van der Waals surface area contributed by atoms with E-state index in [9.17, 15) is 23.1 Å². The summed E-state index contributed by atoms with van der Waals surface area (Å²) in [5.74, 6) is -0.566. The Morgan fingerprint density at radius 1 is 1.17 bits per heavy atom. The number of anilines is 1. The van der Waals surface area contributed by atoms with E-state index in [1.54, 1.807) is 18.2 Å². The molecule has 0 atom stereocenters. The van der Waals surface area contributed by atoms with E-state index in [1.807, 2.05) is 0 Å². The summed E-state index contributed by atoms with van der Waals surface area (Å²) in [4.78, 5) is 12.2. The molecule has 152 valence electrons. The van der Waals surface area contributed by atoms with Gasteiger partial charge in [0.1, 0.15) is 11.5 Å². The molecule has 0 radical (unpaired) electrons. The smallest absolute Gasteiger partial charge is 0.422 e. The van der Waals surface area contributed by atoms with Gasteiger partial charge in [0.15, 0.2) is 6.61 Å². The lowest BCUT2D eigenvalue weighted by molar-refractivity contribution is -0.153. The van der Waals surface area contributed by atoms with Gasteiger partial charge in [0.25, 0.3) is 0 Å². The summed E-state index contributed by atoms with van der Waals surface area (Å²) in [6.07, 6.45) is -4.49. The number of carbonyl (C=O) groups is 1. The van der Waals surface area contributed by atoms with Crippen LogP contribution in [0.5, 0.6) is 11.5 Å². The quantitative estimate of drug-likeness (QED) is 0.561. The maximum absolute atomic E-state index is 12.4. The average Bonchev–Trinajstić information content (AvgIpc) is 3.14. The van der Waals surface area contributed by atoms with Gasteiger partial charge >= 0.3 is 6.18 Å². The molecule has 0 aliphatic heterocycles. The standard InChI is InChI=1S/C17H14F3N5O3S/c18-17(19,20)10-28-14-4-2-1-3-13(14)21-15(27)9-29-16-22-23-24-25(16)11-5-7-12(26)8-6-11/h1-8,26H,9-10H2,(H,21,27). The zero-order valence-corrected chi connectivity index (χ0v) is 15.4. The van der Waals surface area contributed by atoms with Gasteiger partial charge in [-0.1, -0.05) is 23.9 Å². The van der Waals surface area contributed by atoms with Crippen molar-refractivity contribution in [1.29, 1.82) is 0 Å². The Labute approximate surface area is 166 Å². The Bertz CT molecular complexity index is 979. The van der Waals surface area contributed by atoms with Crippen LogP contribution in [0.2, 0.25) is 0 Å². The van der Waals surface area contributed by atoms with Crippen LogP contribution >= 0.6 is 11.8 Å². The van der Waals surface area contributed by atoms with Crippen molar-refractivity contribution in [3.8, 4) is 17.2 Å². The lowest BCUT2D eigenvalue weighted by atomic mass is 10.3. The molecule has 0 bridgehead atoms. The van der Waals surface area contributed by atoms with Crippen molar-refractivity contribution in [2.45, 2.75) is 11.3 Å². The first-order chi connectivity index (χ1) is 13.8. The topological polar surface area (TPSA) is 102 Å². The number of thioether (sulfide) groups is 1. The Kier molecular flexibility index (Phi) is 6.22. The highest BCUT2D eigenvalue weighted by atomic mass is 32.2. The number of aromatic hydroxyl groups is 1. The summed E-state index contributed by atoms with van der Waals surface area (Å²) in [5.41, 5.74) is 0.710. The highest BCUT2D eigenvalue weighted by Gasteiger charge is 2.28. The van der Waals surface area contributed by atoms with E-state index < -0.39 is 18.7 Å². The number of ether oxygens (including phenoxy) is 1. The van der Waals surface area contributed by atoms with Crippen molar-refractivity contribution in [3.63, 3.8) is 0 Å². The molecule has 3 aromatic rings. The monoisotopic (exact) mass is 425 g/mol. The van der Waals surface area contributed by atoms with Gasteiger partial charge in [0.05, 0.1) is 17.1 Å². The Balaban J connectivity index is 1.62. The molecule has 0 aliphatic carbocycles. The molecule has 29 heavy (non-hydrogen) atoms. The molecular formula is C17H14F3N5O3S. The van der Waals surface area contributed by atoms with Gasteiger partial charge in [0, 0.05) is 0 Å². The summed E-state index contributed by atoms with van der Waals surface area (Å²) in [7, 11) is 0. The second-order valence-electron chi connectivity index (χ2n) is 5.63. The predicted molar refractivity (Wildman–Crippen MR) is 98.2 cm³/mol. The predicted octanol–water partition coefficient (Wildman–Crippen LogP) is 3.04. The van der Waals surface area contributed by atoms with Crippen LogP contribution < -0.4 is 10.1 Å². The van der Waals surface area contributed by atoms with Crippen LogP contribution in [0.3, 0.4) is 0 Å². The van der Waals surface area contributed by atoms with E-state index in [0.29, 0.717) is 10.8 Å². The number of nitrogens with zero attached hydrogens (tertiary/aromatic N) is 4. The number of halogens is 3. The molecule has 0 spiro atoms. The van der Waals surface area contributed by atoms with Gasteiger partial charge in [-0.25, -0.2) is 0 Å². The van der Waals surface area contributed by atoms with Crippen molar-refractivity contribution in [2.75, 3.05) is 17.7 Å². The number of para-hydroxylation sites is 2. The molecule has 0 fully saturated rings. The molecular weight excluding hydrogens is 411 g/mol. The van der Waals surface area contributed by atoms with Gasteiger partial charge in [0.2, 0.25) is 11.1 Å². The third kappa shape index (κ3) is 5.85. The fourth-order valence-corrected chi connectivity index (χ4v) is 2.89. The normalized spacial score (nSPS) is 11.3. The van der Waals surface area contributed by atoms with Gasteiger partial charge in [-0.15, -0.1) is 5.10 Å². The van der Waals surface area contributed by atoms with Crippen LogP contribution in [0.15, 0.2) is 53.7 Å². The number of amides is 1. The molecule has 1 aromatic heterocycles. The first-order valence-electron chi connectivity index (χ1n) is 8.11. The van der Waals surface area contributed by atoms with Crippen molar-refractivity contribution < 1.29 is 27.8 Å². The molecule has 0 unspecified atom stereocenters. The number of phenols is 1. The average molecular weight is 425 g/mol. The largest absolute Gasteiger partial charge is 0.508 e. The first kappa shape index (κ1) is 20.5. The number of carbonyl (C=O) groups excluding carboxylic acids is 1. The molecule has 2 aromatic carbocycles. The fourth-order valence-electron chi connectivity index (χ4n) is 2.20. The number of hydrogen-bond acceptors (Lipinski definition) is 7. The molecule has 0 saturated heterocycles. The summed E-state index contributed by atoms with van der Waals surface area (Å²) in [6, 6.07) is 12.0. The van der Waals surface area contributed by atoms with E-state index in [4.69, 9.17) is 4.74 Å². The minimum atomic E-state index is -4.49. The minimum absolute atomic E-state index is 0.0850. The lowest BCUT2D eigenvalue weighted by Crippen LogP contribution is -2.20. The number of alkyl halides is 3. The van der Waals surface area contributed by atoms with E-state index >= 15 is 0 Å². The van der Waals surface area contributed by atoms with E-state index in [0.717, 1.165) is 11.8 Å². The van der Waals surface area contributed by atoms with Crippen LogP contribution in [0, 0.1) is 0 Å². The number of phenolic OH excluding ortho intramolecular Hbond substituents is 1. The molecule has 1 heterocycles. The highest BCUT2D eigenvalue weighted by molar-refractivity contribution is 7.99. The number of nitrogens with one attached hydrogen (secondary N) is 1. The molecule has 12 heteroatoms. The van der Waals surface area contributed by atoms with Gasteiger partial charge in [-0.05, 0) is 46.8 Å². The van der Waals surface area contributed by atoms with Crippen molar-refractivity contribution >= 4 is 23.4 Å². The van der Waals surface area contributed by atoms with Crippen LogP contribution in [-0.2, 0) is 4.79 Å². The number of hydrogen-bond donors (Lipinski definition) is 2. The second-order valence-corrected chi connectivity index (χ2v) is 6.57. The zero-order valence-electron chi connectivity index (χ0n) is 14.6. The van der Waals surface area contributed by atoms with Crippen molar-refractivity contribution in [2.24, 2.45) is 0 Å². The van der Waals surface area contributed by atoms with Crippen LogP contribution in [0.1, 0.15) is 0 Å². The molecule has 8 nitrogen and oxygen atoms in total. The minimum Gasteiger partial charge on any atom is -0.508 e. The number of aromatic nitrogens is 4. The lowest BCUT2D eigenvalue weighted by Gasteiger charge is -2.13. The number of rotatable bonds is 7. The van der Waals surface area contributed by atoms with Crippen LogP contribution in [0.4, 0.5) is 18.9 Å². The van der Waals surface area contributed by atoms with Gasteiger partial charge < -0.3 is 15.2 Å². The molecule has 2 N–H and O–H groups in total. The molecule has 3 rings (SSSR count). The van der Waals surface area contributed by atoms with E-state index in [1.165, 1.54) is 35.0 Å². The Morgan fingerprint density at radius 3 is 2.62 bits per heavy atom. The zero-order chi connectivity index (χ0) is 20.9. The molecule has 0 aliphatic rings. The van der Waals surface area contributed by atoms with Crippen LogP contribution in [-0.4, -0.2) is 49.8 Å². The Hall–Kier alpha value is -3.28. The van der Waals surface area contributed by atoms with Gasteiger partial charge in [-0.2, -0.15) is 17.9 Å². The van der Waals surface area contributed by atoms with E-state index in [2.05, 4.69) is 20.8 Å². The number of tetrazole rings is 1. The summed E-state index contributed by atoms with van der Waals surface area (Å²) in [6.45, 7) is -1.46. The maximum Gasteiger partial charge on any atom is 0.422 e. The highest BCUT2D eigenvalue weighted by Crippen LogP contribution is 2.27. The third-order valence-corrected chi connectivity index (χ3v) is 4.34. The summed E-state index contributed by atoms with van der Waals surface area (Å²) < 4.78 is 43.2. The summed E-state index contributed by atoms with van der Waals surface area (Å²) in [5, 5.41) is 23.4. The first-order valence-corrected chi connectivity index (χ1v) is 9.09. The summed E-state index contributed by atoms with van der Waals surface area (Å²) >= 11 is 1.04. The van der Waals surface area contributed by atoms with Crippen LogP contribution in [0.25, 0.3) is 5.69 Å². The fraction of sp³-hybridized carbons (Fsp3) is 0.176. The molecule has 1 amide bonds. The van der Waals surface area contributed by atoms with Crippen molar-refractivity contribution in [1.82, 2.24) is 20.2 Å². The van der Waals surface area contributed by atoms with Crippen molar-refractivity contribution in [3.05, 3.63) is 48.5 Å². The number of benzene rings is 2. The Morgan fingerprint density at radius 2 is 1.90 bits per heavy atom. The second kappa shape index (κ2) is 8.82. The molecule has 0 saturated carbocycles. The SMILES string of the molecule is O=C(CSc1nnnn1-c1ccc(O)cc1)Nc1ccccc1OCC(F)(F)F. The maximum atomic E-state index is 12.4. The van der Waals surface area contributed by atoms with E-state index in [-0.39, 0.29) is 22.9 Å². The third-order valence-electron chi connectivity index (χ3n) is 3.42. The van der Waals surface area contributed by atoms with Gasteiger partial charge in [-0.3, -0.25) is 4.79 Å².